The van der Waals surface area contributed by atoms with Crippen molar-refractivity contribution in [3.63, 3.8) is 0 Å². The smallest absolute Gasteiger partial charge is 0.335 e. The normalized spacial score (nSPS) is 10.4. The van der Waals surface area contributed by atoms with Crippen LogP contribution in [0.5, 0.6) is 5.75 Å². The number of hydrogen-bond acceptors (Lipinski definition) is 4. The third-order valence-corrected chi connectivity index (χ3v) is 2.61. The van der Waals surface area contributed by atoms with Crippen LogP contribution in [-0.4, -0.2) is 24.3 Å². The van der Waals surface area contributed by atoms with E-state index < -0.39 is 5.97 Å². The first-order chi connectivity index (χ1) is 9.75. The number of hydrogen-bond donors (Lipinski definition) is 1. The van der Waals surface area contributed by atoms with Crippen molar-refractivity contribution in [2.45, 2.75) is 13.0 Å². The molecule has 0 bridgehead atoms. The van der Waals surface area contributed by atoms with E-state index in [-0.39, 0.29) is 5.56 Å². The van der Waals surface area contributed by atoms with Gasteiger partial charge in [-0.1, -0.05) is 6.07 Å². The highest BCUT2D eigenvalue weighted by Gasteiger charge is 2.03. The van der Waals surface area contributed by atoms with E-state index in [0.29, 0.717) is 25.6 Å². The summed E-state index contributed by atoms with van der Waals surface area (Å²) in [5.74, 6) is 0.383. The lowest BCUT2D eigenvalue weighted by Gasteiger charge is -2.07. The van der Waals surface area contributed by atoms with Crippen LogP contribution in [0.15, 0.2) is 47.1 Å². The summed E-state index contributed by atoms with van der Waals surface area (Å²) in [6.07, 6.45) is 2.33. The van der Waals surface area contributed by atoms with E-state index in [1.54, 1.807) is 18.4 Å². The summed E-state index contributed by atoms with van der Waals surface area (Å²) >= 11 is 0. The molecule has 0 saturated heterocycles. The summed E-state index contributed by atoms with van der Waals surface area (Å²) in [6, 6.07) is 10.1. The predicted octanol–water partition coefficient (Wildman–Crippen LogP) is 2.96. The SMILES string of the molecule is O=C(O)c1cccc(OCCCOCc2ccco2)c1. The molecule has 0 aliphatic rings. The van der Waals surface area contributed by atoms with Gasteiger partial charge in [0.05, 0.1) is 25.0 Å². The van der Waals surface area contributed by atoms with Gasteiger partial charge in [0, 0.05) is 6.42 Å². The molecule has 0 aliphatic heterocycles. The third-order valence-electron chi connectivity index (χ3n) is 2.61. The molecule has 0 unspecified atom stereocenters. The number of benzene rings is 1. The Morgan fingerprint density at radius 3 is 2.85 bits per heavy atom. The van der Waals surface area contributed by atoms with Gasteiger partial charge in [0.1, 0.15) is 18.1 Å². The quantitative estimate of drug-likeness (QED) is 0.751. The predicted molar refractivity (Wildman–Crippen MR) is 71.9 cm³/mol. The molecule has 5 heteroatoms. The topological polar surface area (TPSA) is 68.9 Å². The first kappa shape index (κ1) is 14.1. The van der Waals surface area contributed by atoms with Crippen molar-refractivity contribution >= 4 is 5.97 Å². The molecule has 106 valence electrons. The Morgan fingerprint density at radius 1 is 1.20 bits per heavy atom. The molecule has 0 radical (unpaired) electrons. The number of rotatable bonds is 8. The minimum atomic E-state index is -0.961. The van der Waals surface area contributed by atoms with Crippen LogP contribution in [0.4, 0.5) is 0 Å². The minimum absolute atomic E-state index is 0.219. The van der Waals surface area contributed by atoms with Crippen molar-refractivity contribution in [3.8, 4) is 5.75 Å². The van der Waals surface area contributed by atoms with Crippen LogP contribution in [0, 0.1) is 0 Å². The van der Waals surface area contributed by atoms with Gasteiger partial charge in [0.15, 0.2) is 0 Å². The summed E-state index contributed by atoms with van der Waals surface area (Å²) in [5, 5.41) is 8.86. The highest BCUT2D eigenvalue weighted by Crippen LogP contribution is 2.13. The minimum Gasteiger partial charge on any atom is -0.493 e. The van der Waals surface area contributed by atoms with Crippen molar-refractivity contribution in [2.24, 2.45) is 0 Å². The Bertz CT molecular complexity index is 533. The second kappa shape index (κ2) is 7.35. The molecule has 1 N–H and O–H groups in total. The van der Waals surface area contributed by atoms with Crippen molar-refractivity contribution in [1.29, 1.82) is 0 Å². The standard InChI is InChI=1S/C15H16O5/c16-15(17)12-4-1-5-13(10-12)19-9-3-7-18-11-14-6-2-8-20-14/h1-2,4-6,8,10H,3,7,9,11H2,(H,16,17). The van der Waals surface area contributed by atoms with E-state index in [2.05, 4.69) is 0 Å². The Hall–Kier alpha value is -2.27. The maximum Gasteiger partial charge on any atom is 0.335 e. The molecule has 20 heavy (non-hydrogen) atoms. The summed E-state index contributed by atoms with van der Waals surface area (Å²) in [4.78, 5) is 10.8. The molecule has 2 aromatic rings. The molecule has 0 atom stereocenters. The Balaban J connectivity index is 1.63. The Morgan fingerprint density at radius 2 is 2.10 bits per heavy atom. The van der Waals surface area contributed by atoms with E-state index in [0.717, 1.165) is 12.2 Å². The second-order valence-electron chi connectivity index (χ2n) is 4.17. The van der Waals surface area contributed by atoms with Crippen molar-refractivity contribution in [1.82, 2.24) is 0 Å². The van der Waals surface area contributed by atoms with Gasteiger partial charge in [-0.3, -0.25) is 0 Å². The largest absolute Gasteiger partial charge is 0.493 e. The van der Waals surface area contributed by atoms with Gasteiger partial charge in [0.25, 0.3) is 0 Å². The summed E-state index contributed by atoms with van der Waals surface area (Å²) in [6.45, 7) is 1.47. The van der Waals surface area contributed by atoms with Crippen LogP contribution in [-0.2, 0) is 11.3 Å². The summed E-state index contributed by atoms with van der Waals surface area (Å²) in [7, 11) is 0. The summed E-state index contributed by atoms with van der Waals surface area (Å²) < 4.78 is 16.0. The lowest BCUT2D eigenvalue weighted by Crippen LogP contribution is -2.04. The van der Waals surface area contributed by atoms with Crippen LogP contribution < -0.4 is 4.74 Å². The van der Waals surface area contributed by atoms with E-state index in [9.17, 15) is 4.79 Å². The maximum atomic E-state index is 10.8. The number of carboxylic acids is 1. The molecule has 5 nitrogen and oxygen atoms in total. The average Bonchev–Trinajstić information content (AvgIpc) is 2.96. The number of ether oxygens (including phenoxy) is 2. The van der Waals surface area contributed by atoms with Crippen LogP contribution >= 0.6 is 0 Å². The molecular weight excluding hydrogens is 260 g/mol. The van der Waals surface area contributed by atoms with E-state index >= 15 is 0 Å². The fourth-order valence-electron chi connectivity index (χ4n) is 1.64. The number of carboxylic acid groups (broad SMARTS) is 1. The van der Waals surface area contributed by atoms with Crippen LogP contribution in [0.2, 0.25) is 0 Å². The molecule has 0 spiro atoms. The molecule has 1 heterocycles. The molecule has 1 aromatic heterocycles. The zero-order chi connectivity index (χ0) is 14.2. The van der Waals surface area contributed by atoms with Crippen molar-refractivity contribution < 1.29 is 23.8 Å². The fourth-order valence-corrected chi connectivity index (χ4v) is 1.64. The first-order valence-electron chi connectivity index (χ1n) is 6.32. The third kappa shape index (κ3) is 4.44. The van der Waals surface area contributed by atoms with Gasteiger partial charge in [0.2, 0.25) is 0 Å². The highest BCUT2D eigenvalue weighted by atomic mass is 16.5. The van der Waals surface area contributed by atoms with Crippen LogP contribution in [0.1, 0.15) is 22.5 Å². The lowest BCUT2D eigenvalue weighted by molar-refractivity contribution is 0.0696. The van der Waals surface area contributed by atoms with Gasteiger partial charge < -0.3 is 19.0 Å². The molecular formula is C15H16O5. The molecule has 0 amide bonds. The molecule has 0 aliphatic carbocycles. The van der Waals surface area contributed by atoms with Gasteiger partial charge in [-0.05, 0) is 30.3 Å². The molecule has 2 rings (SSSR count). The first-order valence-corrected chi connectivity index (χ1v) is 6.32. The lowest BCUT2D eigenvalue weighted by atomic mass is 10.2. The van der Waals surface area contributed by atoms with E-state index in [1.807, 2.05) is 12.1 Å². The molecule has 0 saturated carbocycles. The van der Waals surface area contributed by atoms with Crippen molar-refractivity contribution in [2.75, 3.05) is 13.2 Å². The monoisotopic (exact) mass is 276 g/mol. The van der Waals surface area contributed by atoms with Gasteiger partial charge in [-0.25, -0.2) is 4.79 Å². The molecule has 1 aromatic carbocycles. The summed E-state index contributed by atoms with van der Waals surface area (Å²) in [5.41, 5.74) is 0.219. The Kier molecular flexibility index (Phi) is 5.20. The van der Waals surface area contributed by atoms with Gasteiger partial charge in [-0.15, -0.1) is 0 Å². The van der Waals surface area contributed by atoms with Crippen LogP contribution in [0.25, 0.3) is 0 Å². The highest BCUT2D eigenvalue weighted by molar-refractivity contribution is 5.87. The molecule has 0 fully saturated rings. The zero-order valence-electron chi connectivity index (χ0n) is 11.0. The second-order valence-corrected chi connectivity index (χ2v) is 4.17. The van der Waals surface area contributed by atoms with E-state index in [1.165, 1.54) is 12.1 Å². The number of aromatic carboxylic acids is 1. The average molecular weight is 276 g/mol. The van der Waals surface area contributed by atoms with Crippen LogP contribution in [0.3, 0.4) is 0 Å². The fraction of sp³-hybridized carbons (Fsp3) is 0.267. The van der Waals surface area contributed by atoms with E-state index in [4.69, 9.17) is 19.0 Å². The zero-order valence-corrected chi connectivity index (χ0v) is 11.0. The van der Waals surface area contributed by atoms with Gasteiger partial charge in [-0.2, -0.15) is 0 Å². The Labute approximate surface area is 116 Å². The number of furan rings is 1. The maximum absolute atomic E-state index is 10.8. The van der Waals surface area contributed by atoms with Gasteiger partial charge >= 0.3 is 5.97 Å². The van der Waals surface area contributed by atoms with Crippen molar-refractivity contribution in [3.05, 3.63) is 54.0 Å². The number of carbonyl (C=O) groups is 1.